The Kier molecular flexibility index (Phi) is 4.85. The first-order valence-corrected chi connectivity index (χ1v) is 10.2. The molecule has 7 heteroatoms. The lowest BCUT2D eigenvalue weighted by Crippen LogP contribution is -1.92. The van der Waals surface area contributed by atoms with Gasteiger partial charge in [0.15, 0.2) is 0 Å². The molecule has 128 valence electrons. The number of hydrogen-bond donors (Lipinski definition) is 0. The molecule has 0 N–H and O–H groups in total. The van der Waals surface area contributed by atoms with E-state index < -0.39 is 0 Å². The summed E-state index contributed by atoms with van der Waals surface area (Å²) in [5.74, 6) is 0. The van der Waals surface area contributed by atoms with E-state index in [1.165, 1.54) is 30.6 Å². The fourth-order valence-electron chi connectivity index (χ4n) is 2.78. The molecule has 4 aromatic heterocycles. The van der Waals surface area contributed by atoms with Crippen LogP contribution >= 0.6 is 22.7 Å². The lowest BCUT2D eigenvalue weighted by atomic mass is 10.1. The number of thiophene rings is 2. The van der Waals surface area contributed by atoms with Crippen molar-refractivity contribution in [1.29, 1.82) is 0 Å². The Morgan fingerprint density at radius 2 is 1.80 bits per heavy atom. The summed E-state index contributed by atoms with van der Waals surface area (Å²) in [6.07, 6.45) is 6.23. The van der Waals surface area contributed by atoms with Crippen molar-refractivity contribution >= 4 is 34.0 Å². The van der Waals surface area contributed by atoms with E-state index in [-0.39, 0.29) is 0 Å². The van der Waals surface area contributed by atoms with Gasteiger partial charge in [-0.25, -0.2) is 14.6 Å². The average molecular weight is 371 g/mol. The number of hydrogen-bond acceptors (Lipinski definition) is 7. The monoisotopic (exact) mass is 370 g/mol. The second kappa shape index (κ2) is 7.41. The maximum atomic E-state index is 4.79. The quantitative estimate of drug-likeness (QED) is 0.397. The van der Waals surface area contributed by atoms with Crippen LogP contribution in [0.15, 0.2) is 33.6 Å². The van der Waals surface area contributed by atoms with Crippen LogP contribution in [0.1, 0.15) is 37.5 Å². The summed E-state index contributed by atoms with van der Waals surface area (Å²) >= 11 is 3.43. The number of nitrogens with zero attached hydrogens (tertiary/aromatic N) is 4. The minimum Gasteiger partial charge on any atom is -0.240 e. The van der Waals surface area contributed by atoms with Crippen molar-refractivity contribution in [2.24, 2.45) is 0 Å². The molecule has 0 bridgehead atoms. The minimum atomic E-state index is 0.446. The third kappa shape index (κ3) is 3.48. The van der Waals surface area contributed by atoms with Gasteiger partial charge in [0.05, 0.1) is 4.88 Å². The Hall–Kier alpha value is -2.12. The van der Waals surface area contributed by atoms with Crippen LogP contribution in [-0.4, -0.2) is 20.3 Å². The molecule has 4 heterocycles. The normalized spacial score (nSPS) is 11.4. The highest BCUT2D eigenvalue weighted by Crippen LogP contribution is 2.35. The van der Waals surface area contributed by atoms with Gasteiger partial charge in [0.1, 0.15) is 11.4 Å². The highest BCUT2D eigenvalue weighted by molar-refractivity contribution is 7.15. The predicted molar refractivity (Wildman–Crippen MR) is 102 cm³/mol. The van der Waals surface area contributed by atoms with E-state index >= 15 is 0 Å². The molecule has 4 aromatic rings. The smallest absolute Gasteiger partial charge is 0.240 e. The Morgan fingerprint density at radius 1 is 0.960 bits per heavy atom. The van der Waals surface area contributed by atoms with E-state index in [0.717, 1.165) is 28.2 Å². The summed E-state index contributed by atoms with van der Waals surface area (Å²) in [6.45, 7) is 2.24. The Balaban J connectivity index is 1.68. The zero-order chi connectivity index (χ0) is 17.1. The molecule has 0 unspecified atom stereocenters. The standard InChI is InChI=1S/C18H18N4OS2/c1-2-3-4-5-6-13-7-8-14(25-13)16-15(12-9-10-24-11-12)19-17-18(20-16)22-23-21-17/h7-11H,2-6H2,1H3. The Bertz CT molecular complexity index is 959. The van der Waals surface area contributed by atoms with E-state index in [2.05, 4.69) is 50.8 Å². The van der Waals surface area contributed by atoms with Gasteiger partial charge in [-0.05, 0) is 46.7 Å². The maximum absolute atomic E-state index is 4.79. The van der Waals surface area contributed by atoms with Crippen LogP contribution in [0.4, 0.5) is 0 Å². The highest BCUT2D eigenvalue weighted by atomic mass is 32.1. The van der Waals surface area contributed by atoms with Crippen molar-refractivity contribution in [2.75, 3.05) is 0 Å². The first-order chi connectivity index (χ1) is 12.3. The lowest BCUT2D eigenvalue weighted by Gasteiger charge is -2.04. The molecule has 0 atom stereocenters. The van der Waals surface area contributed by atoms with Crippen molar-refractivity contribution < 1.29 is 4.63 Å². The molecule has 0 saturated carbocycles. The molecule has 0 radical (unpaired) electrons. The van der Waals surface area contributed by atoms with Gasteiger partial charge in [-0.2, -0.15) is 11.3 Å². The van der Waals surface area contributed by atoms with E-state index in [0.29, 0.717) is 11.3 Å². The van der Waals surface area contributed by atoms with Crippen molar-refractivity contribution in [3.8, 4) is 21.8 Å². The largest absolute Gasteiger partial charge is 0.244 e. The highest BCUT2D eigenvalue weighted by Gasteiger charge is 2.17. The van der Waals surface area contributed by atoms with Gasteiger partial charge >= 0.3 is 0 Å². The molecule has 5 nitrogen and oxygen atoms in total. The van der Waals surface area contributed by atoms with Crippen LogP contribution in [0, 0.1) is 0 Å². The fraction of sp³-hybridized carbons (Fsp3) is 0.333. The zero-order valence-corrected chi connectivity index (χ0v) is 15.6. The van der Waals surface area contributed by atoms with Gasteiger partial charge in [0, 0.05) is 15.8 Å². The molecule has 0 aromatic carbocycles. The molecular formula is C18H18N4OS2. The molecule has 0 aliphatic heterocycles. The summed E-state index contributed by atoms with van der Waals surface area (Å²) in [5.41, 5.74) is 3.64. The van der Waals surface area contributed by atoms with Gasteiger partial charge in [0.25, 0.3) is 0 Å². The molecule has 25 heavy (non-hydrogen) atoms. The van der Waals surface area contributed by atoms with Crippen LogP contribution in [-0.2, 0) is 6.42 Å². The topological polar surface area (TPSA) is 64.7 Å². The minimum absolute atomic E-state index is 0.446. The second-order valence-corrected chi connectivity index (χ2v) is 7.87. The van der Waals surface area contributed by atoms with E-state index in [1.807, 2.05) is 5.38 Å². The first-order valence-electron chi connectivity index (χ1n) is 8.47. The summed E-state index contributed by atoms with van der Waals surface area (Å²) < 4.78 is 4.79. The molecule has 4 rings (SSSR count). The van der Waals surface area contributed by atoms with Crippen molar-refractivity contribution in [3.05, 3.63) is 33.8 Å². The number of rotatable bonds is 7. The molecule has 0 spiro atoms. The fourth-order valence-corrected chi connectivity index (χ4v) is 4.46. The van der Waals surface area contributed by atoms with Gasteiger partial charge in [-0.15, -0.1) is 11.3 Å². The van der Waals surface area contributed by atoms with E-state index in [1.54, 1.807) is 22.7 Å². The summed E-state index contributed by atoms with van der Waals surface area (Å²) in [5, 5.41) is 11.8. The molecular weight excluding hydrogens is 352 g/mol. The van der Waals surface area contributed by atoms with Gasteiger partial charge < -0.3 is 0 Å². The van der Waals surface area contributed by atoms with Crippen molar-refractivity contribution in [1.82, 2.24) is 20.3 Å². The molecule has 0 saturated heterocycles. The maximum Gasteiger partial charge on any atom is 0.244 e. The second-order valence-electron chi connectivity index (χ2n) is 5.92. The number of unbranched alkanes of at least 4 members (excludes halogenated alkanes) is 3. The molecule has 0 amide bonds. The number of aryl methyl sites for hydroxylation is 1. The van der Waals surface area contributed by atoms with Crippen molar-refractivity contribution in [2.45, 2.75) is 39.0 Å². The van der Waals surface area contributed by atoms with Gasteiger partial charge in [0.2, 0.25) is 11.3 Å². The Labute approximate surface area is 153 Å². The summed E-state index contributed by atoms with van der Waals surface area (Å²) in [7, 11) is 0. The molecule has 0 aliphatic rings. The lowest BCUT2D eigenvalue weighted by molar-refractivity contribution is 0.314. The number of aromatic nitrogens is 4. The van der Waals surface area contributed by atoms with Crippen LogP contribution in [0.5, 0.6) is 0 Å². The van der Waals surface area contributed by atoms with Gasteiger partial charge in [-0.1, -0.05) is 26.2 Å². The molecule has 0 aliphatic carbocycles. The first kappa shape index (κ1) is 16.4. The molecule has 0 fully saturated rings. The van der Waals surface area contributed by atoms with Crippen molar-refractivity contribution in [3.63, 3.8) is 0 Å². The number of fused-ring (bicyclic) bond motifs is 1. The van der Waals surface area contributed by atoms with Gasteiger partial charge in [-0.3, -0.25) is 0 Å². The SMILES string of the molecule is CCCCCCc1ccc(-c2nc3nonc3nc2-c2ccsc2)s1. The summed E-state index contributed by atoms with van der Waals surface area (Å²) in [6, 6.07) is 6.39. The third-order valence-corrected chi connectivity index (χ3v) is 5.92. The third-order valence-electron chi connectivity index (χ3n) is 4.08. The predicted octanol–water partition coefficient (Wildman–Crippen LogP) is 5.59. The van der Waals surface area contributed by atoms with E-state index in [4.69, 9.17) is 4.63 Å². The van der Waals surface area contributed by atoms with Crippen LogP contribution < -0.4 is 0 Å². The Morgan fingerprint density at radius 3 is 2.56 bits per heavy atom. The summed E-state index contributed by atoms with van der Waals surface area (Å²) in [4.78, 5) is 11.8. The van der Waals surface area contributed by atoms with E-state index in [9.17, 15) is 0 Å². The van der Waals surface area contributed by atoms with Crippen LogP contribution in [0.3, 0.4) is 0 Å². The average Bonchev–Trinajstić information content (AvgIpc) is 3.38. The zero-order valence-electron chi connectivity index (χ0n) is 13.9. The van der Waals surface area contributed by atoms with Crippen LogP contribution in [0.25, 0.3) is 33.1 Å². The van der Waals surface area contributed by atoms with Crippen LogP contribution in [0.2, 0.25) is 0 Å².